The van der Waals surface area contributed by atoms with E-state index in [0.717, 1.165) is 66.1 Å². The maximum atomic E-state index is 8.57. The minimum atomic E-state index is -2.38. The quantitative estimate of drug-likeness (QED) is 0.0822. The van der Waals surface area contributed by atoms with Crippen molar-refractivity contribution in [3.63, 3.8) is 0 Å². The van der Waals surface area contributed by atoms with Crippen LogP contribution in [0.5, 0.6) is 0 Å². The van der Waals surface area contributed by atoms with Gasteiger partial charge in [0, 0.05) is 20.9 Å². The van der Waals surface area contributed by atoms with Crippen molar-refractivity contribution in [1.82, 2.24) is 14.5 Å². The van der Waals surface area contributed by atoms with Gasteiger partial charge in [-0.3, -0.25) is 9.97 Å². The summed E-state index contributed by atoms with van der Waals surface area (Å²) in [5.74, 6) is 2.85. The van der Waals surface area contributed by atoms with Gasteiger partial charge >= 0.3 is 20.1 Å². The molecule has 0 aliphatic rings. The fourth-order valence-corrected chi connectivity index (χ4v) is 11.3. The third-order valence-corrected chi connectivity index (χ3v) is 15.0. The number of nitrogens with zero attached hydrogens (tertiary/aromatic N) is 4. The van der Waals surface area contributed by atoms with Gasteiger partial charge in [0.25, 0.3) is 0 Å². The Morgan fingerprint density at radius 2 is 1.25 bits per heavy atom. The van der Waals surface area contributed by atoms with Crippen LogP contribution in [0.4, 0.5) is 0 Å². The maximum Gasteiger partial charge on any atom is 3.00 e. The molecular weight excluding hydrogens is 1120 g/mol. The molecule has 380 valence electrons. The number of aromatic nitrogens is 4. The van der Waals surface area contributed by atoms with E-state index < -0.39 is 6.85 Å². The van der Waals surface area contributed by atoms with E-state index >= 15 is 0 Å². The minimum Gasteiger partial charge on any atom is -0.501 e. The van der Waals surface area contributed by atoms with Crippen LogP contribution in [-0.4, -0.2) is 9.55 Å². The molecule has 13 aromatic rings. The molecule has 3 heterocycles. The molecule has 13 rings (SSSR count). The second-order valence-corrected chi connectivity index (χ2v) is 21.3. The topological polar surface area (TPSA) is 48.9 Å². The zero-order valence-electron chi connectivity index (χ0n) is 47.7. The van der Waals surface area contributed by atoms with Crippen molar-refractivity contribution < 1.29 is 33.2 Å². The van der Waals surface area contributed by atoms with Gasteiger partial charge in [-0.25, -0.2) is 0 Å². The number of imidazole rings is 2. The molecule has 0 aliphatic heterocycles. The first-order valence-corrected chi connectivity index (χ1v) is 26.7. The van der Waals surface area contributed by atoms with Crippen LogP contribution in [-0.2, 0) is 20.1 Å². The van der Waals surface area contributed by atoms with Gasteiger partial charge in [-0.15, -0.1) is 53.6 Å². The van der Waals surface area contributed by atoms with Crippen molar-refractivity contribution in [2.75, 3.05) is 0 Å². The first-order valence-electron chi connectivity index (χ1n) is 28.2. The third kappa shape index (κ3) is 9.08. The monoisotopic (exact) mass is 1180 g/mol. The van der Waals surface area contributed by atoms with E-state index in [4.69, 9.17) is 18.5 Å². The fraction of sp³-hybridized carbons (Fsp3) is 0.183. The van der Waals surface area contributed by atoms with Gasteiger partial charge in [-0.05, 0) is 127 Å². The van der Waals surface area contributed by atoms with Crippen molar-refractivity contribution in [2.45, 2.75) is 85.9 Å². The zero-order chi connectivity index (χ0) is 54.9. The number of benzene rings is 10. The van der Waals surface area contributed by atoms with Crippen LogP contribution in [0.1, 0.15) is 111 Å². The van der Waals surface area contributed by atoms with Crippen molar-refractivity contribution in [2.24, 2.45) is 0 Å². The van der Waals surface area contributed by atoms with Crippen LogP contribution in [0.15, 0.2) is 192 Å². The average molecular weight is 1180 g/mol. The molecule has 0 aliphatic carbocycles. The average Bonchev–Trinajstić information content (AvgIpc) is 4.19. The molecule has 0 fully saturated rings. The first kappa shape index (κ1) is 47.6. The van der Waals surface area contributed by atoms with Gasteiger partial charge < -0.3 is 13.6 Å². The van der Waals surface area contributed by atoms with Crippen molar-refractivity contribution in [3.05, 3.63) is 228 Å². The molecule has 0 saturated carbocycles. The molecule has 0 amide bonds. The Morgan fingerprint density at radius 3 is 1.96 bits per heavy atom. The SMILES string of the molecule is CC(C)c1cccc(C(C)C)c1-n1c(-c2[c-]cccc2)nc2ccccc21.[2H]C([2H])([2H])c1c[c-]c(-c2[n-]c3ccccc3[n+]2-c2c(C(C)C)cc(-c3ccccc3)cc2C(C)C)c2oc3cc4c(ccc5ccccc54)cc3c12.[Ir+3]. The Morgan fingerprint density at radius 1 is 0.584 bits per heavy atom. The summed E-state index contributed by atoms with van der Waals surface area (Å²) in [6.07, 6.45) is 0. The largest absolute Gasteiger partial charge is 3.00 e. The molecule has 0 spiro atoms. The van der Waals surface area contributed by atoms with E-state index in [9.17, 15) is 0 Å². The molecular formula is C71H62IrN4O+. The summed E-state index contributed by atoms with van der Waals surface area (Å²) in [5, 5.41) is 5.67. The van der Waals surface area contributed by atoms with E-state index in [-0.39, 0.29) is 37.5 Å². The molecule has 0 saturated heterocycles. The summed E-state index contributed by atoms with van der Waals surface area (Å²) in [6.45, 7) is 15.6. The van der Waals surface area contributed by atoms with Gasteiger partial charge in [0.05, 0.1) is 39.3 Å². The number of hydrogen-bond acceptors (Lipinski definition) is 2. The Balaban J connectivity index is 0.000000203. The van der Waals surface area contributed by atoms with Gasteiger partial charge in [0.15, 0.2) is 0 Å². The molecule has 0 bridgehead atoms. The Kier molecular flexibility index (Phi) is 12.9. The molecule has 6 heteroatoms. The minimum absolute atomic E-state index is 0. The first-order chi connectivity index (χ1) is 38.2. The Labute approximate surface area is 469 Å². The number of aryl methyl sites for hydroxylation is 1. The Hall–Kier alpha value is -7.89. The van der Waals surface area contributed by atoms with E-state index in [1.54, 1.807) is 6.07 Å². The summed E-state index contributed by atoms with van der Waals surface area (Å²) >= 11 is 0. The summed E-state index contributed by atoms with van der Waals surface area (Å²) in [4.78, 5) is 10.3. The summed E-state index contributed by atoms with van der Waals surface area (Å²) in [6, 6.07) is 71.5. The van der Waals surface area contributed by atoms with E-state index in [0.29, 0.717) is 39.8 Å². The van der Waals surface area contributed by atoms with Gasteiger partial charge in [-0.1, -0.05) is 182 Å². The normalized spacial score (nSPS) is 12.5. The van der Waals surface area contributed by atoms with Crippen LogP contribution >= 0.6 is 0 Å². The van der Waals surface area contributed by atoms with Crippen LogP contribution < -0.4 is 9.55 Å². The number of furan rings is 1. The second kappa shape index (κ2) is 20.9. The third-order valence-electron chi connectivity index (χ3n) is 15.0. The Bertz CT molecular complexity index is 4380. The maximum absolute atomic E-state index is 8.57. The second-order valence-electron chi connectivity index (χ2n) is 21.3. The van der Waals surface area contributed by atoms with E-state index in [1.807, 2.05) is 54.6 Å². The van der Waals surface area contributed by atoms with Crippen molar-refractivity contribution in [3.8, 4) is 45.3 Å². The van der Waals surface area contributed by atoms with Crippen LogP contribution in [0.25, 0.3) is 111 Å². The molecule has 3 aromatic heterocycles. The summed E-state index contributed by atoms with van der Waals surface area (Å²) < 4.78 is 37.1. The van der Waals surface area contributed by atoms with Gasteiger partial charge in [-0.2, -0.15) is 0 Å². The molecule has 0 N–H and O–H groups in total. The van der Waals surface area contributed by atoms with Gasteiger partial charge in [0.2, 0.25) is 0 Å². The van der Waals surface area contributed by atoms with Gasteiger partial charge in [0.1, 0.15) is 5.58 Å². The van der Waals surface area contributed by atoms with E-state index in [2.05, 4.69) is 204 Å². The number of hydrogen-bond donors (Lipinski definition) is 0. The summed E-state index contributed by atoms with van der Waals surface area (Å²) in [5.41, 5.74) is 16.7. The van der Waals surface area contributed by atoms with Crippen LogP contribution in [0, 0.1) is 19.0 Å². The molecule has 0 atom stereocenters. The summed E-state index contributed by atoms with van der Waals surface area (Å²) in [7, 11) is 0. The standard InChI is InChI=1S/C46H37N2O.C25H25N2.Ir/c1-27(2)36-24-33(30-13-7-6-8-14-30)25-37(28(3)4)44(36)48-41-18-12-11-17-40(41)47-46(48)35-22-19-29(5)43-39-23-32-21-20-31-15-9-10-16-34(31)38(32)26-42(39)49-45(35)43;1-17(2)20-13-10-14-21(18(3)4)24(20)27-23-16-9-8-15-22(23)26-25(27)19-11-6-5-7-12-19;/h6-21,23-28H,1-5H3;5-11,13-18H,1-4H3;/q2*-1;+3/i5D3;;. The fourth-order valence-electron chi connectivity index (χ4n) is 11.3. The van der Waals surface area contributed by atoms with E-state index in [1.165, 1.54) is 39.1 Å². The smallest absolute Gasteiger partial charge is 0.501 e. The number of para-hydroxylation sites is 5. The molecule has 77 heavy (non-hydrogen) atoms. The predicted molar refractivity (Wildman–Crippen MR) is 317 cm³/mol. The van der Waals surface area contributed by atoms with Crippen LogP contribution in [0.2, 0.25) is 0 Å². The molecule has 5 nitrogen and oxygen atoms in total. The zero-order valence-corrected chi connectivity index (χ0v) is 47.1. The molecule has 0 radical (unpaired) electrons. The number of fused-ring (bicyclic) bond motifs is 8. The predicted octanol–water partition coefficient (Wildman–Crippen LogP) is 18.7. The molecule has 0 unspecified atom stereocenters. The number of rotatable bonds is 9. The van der Waals surface area contributed by atoms with Crippen molar-refractivity contribution in [1.29, 1.82) is 0 Å². The van der Waals surface area contributed by atoms with Crippen molar-refractivity contribution >= 4 is 65.6 Å². The molecule has 10 aromatic carbocycles. The van der Waals surface area contributed by atoms with Crippen LogP contribution in [0.3, 0.4) is 0 Å².